The minimum Gasteiger partial charge on any atom is -0.481 e. The molecule has 0 saturated heterocycles. The lowest BCUT2D eigenvalue weighted by molar-refractivity contribution is -0.142. The van der Waals surface area contributed by atoms with E-state index in [2.05, 4.69) is 21.8 Å². The molecule has 0 saturated carbocycles. The van der Waals surface area contributed by atoms with Gasteiger partial charge in [0.05, 0.1) is 6.21 Å². The highest BCUT2D eigenvalue weighted by molar-refractivity contribution is 6.30. The van der Waals surface area contributed by atoms with Gasteiger partial charge in [-0.3, -0.25) is 0 Å². The molecule has 2 aromatic carbocycles. The van der Waals surface area contributed by atoms with Crippen molar-refractivity contribution >= 4 is 23.8 Å². The number of hydrogen-bond acceptors (Lipinski definition) is 4. The van der Waals surface area contributed by atoms with E-state index in [1.165, 1.54) is 6.21 Å². The van der Waals surface area contributed by atoms with Crippen molar-refractivity contribution < 1.29 is 19.5 Å². The molecular weight excluding hydrogens is 330 g/mol. The van der Waals surface area contributed by atoms with Gasteiger partial charge in [0.25, 0.3) is 0 Å². The van der Waals surface area contributed by atoms with Gasteiger partial charge < -0.3 is 14.7 Å². The molecule has 6 heteroatoms. The summed E-state index contributed by atoms with van der Waals surface area (Å²) in [5, 5.41) is 12.6. The molecule has 0 spiro atoms. The van der Waals surface area contributed by atoms with Gasteiger partial charge in [-0.25, -0.2) is 4.79 Å². The van der Waals surface area contributed by atoms with Gasteiger partial charge in [0, 0.05) is 10.6 Å². The Bertz CT molecular complexity index is 776. The maximum absolute atomic E-state index is 10.3. The van der Waals surface area contributed by atoms with E-state index < -0.39 is 12.6 Å². The van der Waals surface area contributed by atoms with Crippen LogP contribution in [0.4, 0.5) is 0 Å². The fraction of sp³-hybridized carbons (Fsp3) is 0.111. The van der Waals surface area contributed by atoms with Crippen LogP contribution in [-0.2, 0) is 9.63 Å². The number of carbonyl (C=O) groups is 1. The molecule has 122 valence electrons. The van der Waals surface area contributed by atoms with E-state index in [1.54, 1.807) is 24.3 Å². The fourth-order valence-electron chi connectivity index (χ4n) is 1.66. The molecule has 0 aliphatic carbocycles. The van der Waals surface area contributed by atoms with E-state index >= 15 is 0 Å². The smallest absolute Gasteiger partial charge is 0.344 e. The molecule has 2 aromatic rings. The summed E-state index contributed by atoms with van der Waals surface area (Å²) in [5.41, 5.74) is 1.61. The molecule has 0 radical (unpaired) electrons. The topological polar surface area (TPSA) is 68.1 Å². The molecule has 0 aromatic heterocycles. The zero-order valence-electron chi connectivity index (χ0n) is 12.6. The lowest BCUT2D eigenvalue weighted by atomic mass is 10.1. The summed E-state index contributed by atoms with van der Waals surface area (Å²) in [6.07, 6.45) is 1.43. The zero-order chi connectivity index (χ0) is 17.2. The van der Waals surface area contributed by atoms with Crippen molar-refractivity contribution in [3.05, 3.63) is 64.7 Å². The Morgan fingerprint density at radius 2 is 2.04 bits per heavy atom. The molecule has 0 aliphatic rings. The summed E-state index contributed by atoms with van der Waals surface area (Å²) >= 11 is 5.86. The van der Waals surface area contributed by atoms with E-state index in [1.807, 2.05) is 24.3 Å². The van der Waals surface area contributed by atoms with Crippen molar-refractivity contribution in [2.24, 2.45) is 5.16 Å². The Hall–Kier alpha value is -2.97. The van der Waals surface area contributed by atoms with Crippen LogP contribution < -0.4 is 4.74 Å². The molecule has 0 amide bonds. The minimum absolute atomic E-state index is 0.257. The molecule has 1 N–H and O–H groups in total. The average molecular weight is 344 g/mol. The Morgan fingerprint density at radius 1 is 1.25 bits per heavy atom. The maximum Gasteiger partial charge on any atom is 0.344 e. The number of hydrogen-bond donors (Lipinski definition) is 1. The first kappa shape index (κ1) is 17.4. The standard InChI is InChI=1S/C18H14ClNO4/c19-16-4-1-5-17(11-16)23-10-2-3-14-6-8-15(9-7-14)12-20-24-13-18(21)22/h1,4-9,11-12H,10,13H2,(H,21,22)/b20-12+. The maximum atomic E-state index is 10.3. The largest absolute Gasteiger partial charge is 0.481 e. The van der Waals surface area contributed by atoms with Crippen molar-refractivity contribution in [2.75, 3.05) is 13.2 Å². The summed E-state index contributed by atoms with van der Waals surface area (Å²) in [5.74, 6) is 5.49. The van der Waals surface area contributed by atoms with Crippen molar-refractivity contribution in [1.82, 2.24) is 0 Å². The molecule has 0 atom stereocenters. The second-order valence-corrected chi connectivity index (χ2v) is 5.01. The molecule has 0 bridgehead atoms. The summed E-state index contributed by atoms with van der Waals surface area (Å²) in [4.78, 5) is 14.8. The lowest BCUT2D eigenvalue weighted by Gasteiger charge is -2.01. The molecule has 24 heavy (non-hydrogen) atoms. The van der Waals surface area contributed by atoms with Gasteiger partial charge in [0.2, 0.25) is 6.61 Å². The number of oxime groups is 1. The Kier molecular flexibility index (Phi) is 6.69. The van der Waals surface area contributed by atoms with Crippen LogP contribution >= 0.6 is 11.6 Å². The number of rotatable bonds is 6. The third kappa shape index (κ3) is 6.42. The summed E-state index contributed by atoms with van der Waals surface area (Å²) < 4.78 is 5.47. The predicted molar refractivity (Wildman–Crippen MR) is 91.4 cm³/mol. The number of carboxylic acid groups (broad SMARTS) is 1. The van der Waals surface area contributed by atoms with Gasteiger partial charge in [-0.05, 0) is 35.9 Å². The van der Waals surface area contributed by atoms with Crippen LogP contribution in [0.2, 0.25) is 5.02 Å². The van der Waals surface area contributed by atoms with Gasteiger partial charge in [0.15, 0.2) is 0 Å². The average Bonchev–Trinajstić information content (AvgIpc) is 2.57. The van der Waals surface area contributed by atoms with Crippen LogP contribution in [0.25, 0.3) is 0 Å². The fourth-order valence-corrected chi connectivity index (χ4v) is 1.84. The van der Waals surface area contributed by atoms with Crippen molar-refractivity contribution in [2.45, 2.75) is 0 Å². The van der Waals surface area contributed by atoms with Crippen molar-refractivity contribution in [3.63, 3.8) is 0 Å². The highest BCUT2D eigenvalue weighted by atomic mass is 35.5. The van der Waals surface area contributed by atoms with Crippen LogP contribution in [0.1, 0.15) is 11.1 Å². The molecule has 0 fully saturated rings. The van der Waals surface area contributed by atoms with Crippen LogP contribution in [0.15, 0.2) is 53.7 Å². The van der Waals surface area contributed by atoms with E-state index in [9.17, 15) is 4.79 Å². The second-order valence-electron chi connectivity index (χ2n) is 4.57. The highest BCUT2D eigenvalue weighted by Gasteiger charge is 1.94. The van der Waals surface area contributed by atoms with Crippen LogP contribution in [-0.4, -0.2) is 30.5 Å². The van der Waals surface area contributed by atoms with Gasteiger partial charge in [-0.15, -0.1) is 0 Å². The first-order valence-electron chi connectivity index (χ1n) is 6.98. The summed E-state index contributed by atoms with van der Waals surface area (Å²) in [6.45, 7) is -0.209. The number of aliphatic carboxylic acids is 1. The van der Waals surface area contributed by atoms with E-state index in [0.29, 0.717) is 10.8 Å². The Morgan fingerprint density at radius 3 is 2.75 bits per heavy atom. The van der Waals surface area contributed by atoms with E-state index in [0.717, 1.165) is 11.1 Å². The Balaban J connectivity index is 1.82. The minimum atomic E-state index is -1.07. The SMILES string of the molecule is O=C(O)CO/N=C/c1ccc(C#CCOc2cccc(Cl)c2)cc1. The van der Waals surface area contributed by atoms with Crippen LogP contribution in [0.5, 0.6) is 5.75 Å². The number of benzene rings is 2. The molecule has 5 nitrogen and oxygen atoms in total. The van der Waals surface area contributed by atoms with Gasteiger partial charge >= 0.3 is 5.97 Å². The van der Waals surface area contributed by atoms with Gasteiger partial charge in [-0.1, -0.05) is 46.8 Å². The Labute approximate surface area is 144 Å². The predicted octanol–water partition coefficient (Wildman–Crippen LogP) is 3.21. The van der Waals surface area contributed by atoms with Crippen LogP contribution in [0.3, 0.4) is 0 Å². The first-order valence-corrected chi connectivity index (χ1v) is 7.36. The third-order valence-electron chi connectivity index (χ3n) is 2.71. The quantitative estimate of drug-likeness (QED) is 0.497. The number of nitrogens with zero attached hydrogens (tertiary/aromatic N) is 1. The van der Waals surface area contributed by atoms with Gasteiger partial charge in [0.1, 0.15) is 12.4 Å². The summed E-state index contributed by atoms with van der Waals surface area (Å²) in [6, 6.07) is 14.4. The zero-order valence-corrected chi connectivity index (χ0v) is 13.4. The second kappa shape index (κ2) is 9.23. The molecule has 2 rings (SSSR count). The lowest BCUT2D eigenvalue weighted by Crippen LogP contribution is -2.03. The van der Waals surface area contributed by atoms with Crippen LogP contribution in [0, 0.1) is 11.8 Å². The highest BCUT2D eigenvalue weighted by Crippen LogP contribution is 2.16. The van der Waals surface area contributed by atoms with E-state index in [-0.39, 0.29) is 6.61 Å². The molecule has 0 aliphatic heterocycles. The third-order valence-corrected chi connectivity index (χ3v) is 2.95. The number of ether oxygens (including phenoxy) is 1. The molecule has 0 unspecified atom stereocenters. The van der Waals surface area contributed by atoms with Crippen molar-refractivity contribution in [1.29, 1.82) is 0 Å². The molecular formula is C18H14ClNO4. The normalized spacial score (nSPS) is 10.0. The monoisotopic (exact) mass is 343 g/mol. The van der Waals surface area contributed by atoms with E-state index in [4.69, 9.17) is 21.4 Å². The summed E-state index contributed by atoms with van der Waals surface area (Å²) in [7, 11) is 0. The first-order chi connectivity index (χ1) is 11.6. The number of halogens is 1. The van der Waals surface area contributed by atoms with Crippen molar-refractivity contribution in [3.8, 4) is 17.6 Å². The molecule has 0 heterocycles. The van der Waals surface area contributed by atoms with Gasteiger partial charge in [-0.2, -0.15) is 0 Å². The number of carboxylic acids is 1.